The summed E-state index contributed by atoms with van der Waals surface area (Å²) in [5, 5.41) is 0.709. The standard InChI is InChI=1S/C26H23F2N3O3/c27-18-5-3-17(4-6-18)25-20(21-16-19(28)7-9-22(21)29-25)8-10-24(32)30-11-13-31(14-12-30)26(33)23-2-1-15-34-23/h1-7,9,15-16,29H,8,10-14H2. The van der Waals surface area contributed by atoms with Gasteiger partial charge in [0, 0.05) is 49.2 Å². The molecule has 1 saturated heterocycles. The Morgan fingerprint density at radius 1 is 0.912 bits per heavy atom. The summed E-state index contributed by atoms with van der Waals surface area (Å²) < 4.78 is 32.6. The lowest BCUT2D eigenvalue weighted by atomic mass is 10.0. The maximum atomic E-state index is 14.0. The number of aromatic amines is 1. The molecule has 1 aliphatic heterocycles. The molecule has 34 heavy (non-hydrogen) atoms. The van der Waals surface area contributed by atoms with Gasteiger partial charge in [0.1, 0.15) is 11.6 Å². The van der Waals surface area contributed by atoms with E-state index in [0.717, 1.165) is 22.3 Å². The van der Waals surface area contributed by atoms with Crippen LogP contribution in [0.15, 0.2) is 65.3 Å². The number of aryl methyl sites for hydroxylation is 1. The van der Waals surface area contributed by atoms with Crippen LogP contribution in [0.5, 0.6) is 0 Å². The minimum atomic E-state index is -0.359. The third-order valence-electron chi connectivity index (χ3n) is 6.24. The number of piperazine rings is 1. The zero-order valence-corrected chi connectivity index (χ0v) is 18.4. The Balaban J connectivity index is 1.29. The van der Waals surface area contributed by atoms with Gasteiger partial charge in [-0.25, -0.2) is 8.78 Å². The topological polar surface area (TPSA) is 69.6 Å². The highest BCUT2D eigenvalue weighted by molar-refractivity contribution is 5.92. The molecule has 0 unspecified atom stereocenters. The molecular formula is C26H23F2N3O3. The molecule has 0 aliphatic carbocycles. The molecule has 1 fully saturated rings. The molecular weight excluding hydrogens is 440 g/mol. The van der Waals surface area contributed by atoms with E-state index in [1.54, 1.807) is 40.1 Å². The number of H-pyrrole nitrogens is 1. The van der Waals surface area contributed by atoms with Gasteiger partial charge in [0.25, 0.3) is 5.91 Å². The second-order valence-corrected chi connectivity index (χ2v) is 8.33. The molecule has 0 atom stereocenters. The van der Waals surface area contributed by atoms with Gasteiger partial charge in [-0.1, -0.05) is 0 Å². The van der Waals surface area contributed by atoms with Crippen LogP contribution < -0.4 is 0 Å². The molecule has 0 bridgehead atoms. The summed E-state index contributed by atoms with van der Waals surface area (Å²) in [6.45, 7) is 1.76. The van der Waals surface area contributed by atoms with Gasteiger partial charge >= 0.3 is 0 Å². The molecule has 2 aromatic heterocycles. The molecule has 1 N–H and O–H groups in total. The van der Waals surface area contributed by atoms with Gasteiger partial charge in [0.2, 0.25) is 5.91 Å². The van der Waals surface area contributed by atoms with Crippen molar-refractivity contribution < 1.29 is 22.8 Å². The predicted molar refractivity (Wildman–Crippen MR) is 123 cm³/mol. The summed E-state index contributed by atoms with van der Waals surface area (Å²) in [4.78, 5) is 32.1. The van der Waals surface area contributed by atoms with Crippen molar-refractivity contribution in [2.75, 3.05) is 26.2 Å². The Labute approximate surface area is 194 Å². The zero-order chi connectivity index (χ0) is 23.7. The predicted octanol–water partition coefficient (Wildman–Crippen LogP) is 4.62. The van der Waals surface area contributed by atoms with E-state index < -0.39 is 0 Å². The summed E-state index contributed by atoms with van der Waals surface area (Å²) >= 11 is 0. The van der Waals surface area contributed by atoms with Crippen LogP contribution >= 0.6 is 0 Å². The fourth-order valence-electron chi connectivity index (χ4n) is 4.45. The number of halogens is 2. The first-order valence-corrected chi connectivity index (χ1v) is 11.2. The van der Waals surface area contributed by atoms with E-state index in [-0.39, 0.29) is 29.9 Å². The van der Waals surface area contributed by atoms with Crippen LogP contribution in [0.1, 0.15) is 22.5 Å². The van der Waals surface area contributed by atoms with Crippen molar-refractivity contribution in [2.24, 2.45) is 0 Å². The smallest absolute Gasteiger partial charge is 0.289 e. The van der Waals surface area contributed by atoms with E-state index in [9.17, 15) is 18.4 Å². The highest BCUT2D eigenvalue weighted by Gasteiger charge is 2.26. The van der Waals surface area contributed by atoms with Crippen LogP contribution in [0.3, 0.4) is 0 Å². The number of carbonyl (C=O) groups is 2. The third kappa shape index (κ3) is 4.31. The molecule has 0 radical (unpaired) electrons. The van der Waals surface area contributed by atoms with Gasteiger partial charge in [-0.15, -0.1) is 0 Å². The molecule has 2 amide bonds. The van der Waals surface area contributed by atoms with Gasteiger partial charge < -0.3 is 19.2 Å². The summed E-state index contributed by atoms with van der Waals surface area (Å²) in [5.74, 6) is -0.614. The average molecular weight is 463 g/mol. The van der Waals surface area contributed by atoms with E-state index >= 15 is 0 Å². The third-order valence-corrected chi connectivity index (χ3v) is 6.24. The van der Waals surface area contributed by atoms with Crippen molar-refractivity contribution in [3.05, 3.63) is 83.8 Å². The van der Waals surface area contributed by atoms with Crippen LogP contribution in [0.2, 0.25) is 0 Å². The lowest BCUT2D eigenvalue weighted by molar-refractivity contribution is -0.132. The van der Waals surface area contributed by atoms with E-state index in [0.29, 0.717) is 43.7 Å². The summed E-state index contributed by atoms with van der Waals surface area (Å²) in [5.41, 5.74) is 3.10. The monoisotopic (exact) mass is 463 g/mol. The maximum absolute atomic E-state index is 14.0. The summed E-state index contributed by atoms with van der Waals surface area (Å²) in [6, 6.07) is 13.9. The Bertz CT molecular complexity index is 1320. The molecule has 3 heterocycles. The van der Waals surface area contributed by atoms with Crippen LogP contribution in [0.4, 0.5) is 8.78 Å². The number of carbonyl (C=O) groups excluding carboxylic acids is 2. The molecule has 6 nitrogen and oxygen atoms in total. The largest absolute Gasteiger partial charge is 0.459 e. The number of benzene rings is 2. The summed E-state index contributed by atoms with van der Waals surface area (Å²) in [6.07, 6.45) is 2.11. The maximum Gasteiger partial charge on any atom is 0.289 e. The first-order valence-electron chi connectivity index (χ1n) is 11.2. The number of hydrogen-bond donors (Lipinski definition) is 1. The average Bonchev–Trinajstić information content (AvgIpc) is 3.51. The van der Waals surface area contributed by atoms with Crippen molar-refractivity contribution in [3.63, 3.8) is 0 Å². The molecule has 1 aliphatic rings. The number of nitrogens with zero attached hydrogens (tertiary/aromatic N) is 2. The van der Waals surface area contributed by atoms with Crippen LogP contribution in [-0.2, 0) is 11.2 Å². The van der Waals surface area contributed by atoms with Crippen molar-refractivity contribution >= 4 is 22.7 Å². The number of hydrogen-bond acceptors (Lipinski definition) is 3. The van der Waals surface area contributed by atoms with Gasteiger partial charge in [0.05, 0.1) is 6.26 Å². The van der Waals surface area contributed by atoms with Crippen LogP contribution in [0, 0.1) is 11.6 Å². The highest BCUT2D eigenvalue weighted by atomic mass is 19.1. The van der Waals surface area contributed by atoms with E-state index in [4.69, 9.17) is 4.42 Å². The van der Waals surface area contributed by atoms with Crippen molar-refractivity contribution in [1.29, 1.82) is 0 Å². The molecule has 8 heteroatoms. The SMILES string of the molecule is O=C(CCc1c(-c2ccc(F)cc2)[nH]c2ccc(F)cc12)N1CCN(C(=O)c2ccco2)CC1. The molecule has 0 spiro atoms. The normalized spacial score (nSPS) is 14.1. The van der Waals surface area contributed by atoms with Crippen molar-refractivity contribution in [1.82, 2.24) is 14.8 Å². The first-order chi connectivity index (χ1) is 16.5. The van der Waals surface area contributed by atoms with E-state index in [1.165, 1.54) is 30.5 Å². The number of aromatic nitrogens is 1. The lowest BCUT2D eigenvalue weighted by Gasteiger charge is -2.34. The van der Waals surface area contributed by atoms with E-state index in [1.807, 2.05) is 0 Å². The fourth-order valence-corrected chi connectivity index (χ4v) is 4.45. The number of amides is 2. The number of rotatable bonds is 5. The quantitative estimate of drug-likeness (QED) is 0.470. The molecule has 0 saturated carbocycles. The lowest BCUT2D eigenvalue weighted by Crippen LogP contribution is -2.50. The van der Waals surface area contributed by atoms with Gasteiger partial charge in [-0.3, -0.25) is 9.59 Å². The summed E-state index contributed by atoms with van der Waals surface area (Å²) in [7, 11) is 0. The second kappa shape index (κ2) is 9.13. The minimum Gasteiger partial charge on any atom is -0.459 e. The van der Waals surface area contributed by atoms with Crippen molar-refractivity contribution in [2.45, 2.75) is 12.8 Å². The minimum absolute atomic E-state index is 0.0269. The molecule has 2 aromatic carbocycles. The van der Waals surface area contributed by atoms with E-state index in [2.05, 4.69) is 4.98 Å². The Morgan fingerprint density at radius 2 is 1.62 bits per heavy atom. The highest BCUT2D eigenvalue weighted by Crippen LogP contribution is 2.32. The first kappa shape index (κ1) is 21.9. The Morgan fingerprint density at radius 3 is 2.32 bits per heavy atom. The van der Waals surface area contributed by atoms with Crippen LogP contribution in [0.25, 0.3) is 22.2 Å². The Kier molecular flexibility index (Phi) is 5.88. The second-order valence-electron chi connectivity index (χ2n) is 8.33. The van der Waals surface area contributed by atoms with Crippen LogP contribution in [-0.4, -0.2) is 52.8 Å². The number of furan rings is 1. The molecule has 4 aromatic rings. The van der Waals surface area contributed by atoms with Gasteiger partial charge in [-0.05, 0) is 72.1 Å². The van der Waals surface area contributed by atoms with Crippen molar-refractivity contribution in [3.8, 4) is 11.3 Å². The fraction of sp³-hybridized carbons (Fsp3) is 0.231. The van der Waals surface area contributed by atoms with Gasteiger partial charge in [-0.2, -0.15) is 0 Å². The zero-order valence-electron chi connectivity index (χ0n) is 18.4. The molecule has 174 valence electrons. The van der Waals surface area contributed by atoms with Gasteiger partial charge in [0.15, 0.2) is 5.76 Å². The number of fused-ring (bicyclic) bond motifs is 1. The molecule has 5 rings (SSSR count). The number of nitrogens with one attached hydrogen (secondary N) is 1. The Hall–Kier alpha value is -3.94.